The molecule has 0 N–H and O–H groups in total. The molecule has 0 heterocycles. The molecule has 0 spiro atoms. The summed E-state index contributed by atoms with van der Waals surface area (Å²) in [7, 11) is 0. The Morgan fingerprint density at radius 1 is 0.304 bits per heavy atom. The first-order valence-corrected chi connectivity index (χ1v) is 29.1. The van der Waals surface area contributed by atoms with Gasteiger partial charge in [-0.15, -0.1) is 0 Å². The Morgan fingerprint density at radius 3 is 0.942 bits per heavy atom. The SMILES string of the molecule is CC/C=C\C/C=C\C/C=C\C/C=C\C/C=C\CCCC(=O)OC(COC(=O)CCCCCCC/C=C\CCCCCCCCC)COC(=O)CCCCCCC/C=C\CCCCCCCCCCC. The summed E-state index contributed by atoms with van der Waals surface area (Å²) in [5.74, 6) is -0.974. The molecule has 1 unspecified atom stereocenters. The Morgan fingerprint density at radius 2 is 0.580 bits per heavy atom. The van der Waals surface area contributed by atoms with Crippen molar-refractivity contribution in [2.75, 3.05) is 13.2 Å². The highest BCUT2D eigenvalue weighted by Crippen LogP contribution is 2.14. The molecule has 0 aliphatic rings. The predicted octanol–water partition coefficient (Wildman–Crippen LogP) is 19.5. The molecule has 0 aromatic heterocycles. The Labute approximate surface area is 426 Å². The van der Waals surface area contributed by atoms with E-state index in [1.54, 1.807) is 0 Å². The average Bonchev–Trinajstić information content (AvgIpc) is 3.35. The molecule has 6 nitrogen and oxygen atoms in total. The van der Waals surface area contributed by atoms with Crippen molar-refractivity contribution >= 4 is 17.9 Å². The quantitative estimate of drug-likeness (QED) is 0.0262. The van der Waals surface area contributed by atoms with Crippen LogP contribution in [0, 0.1) is 0 Å². The summed E-state index contributed by atoms with van der Waals surface area (Å²) in [6, 6.07) is 0. The highest BCUT2D eigenvalue weighted by molar-refractivity contribution is 5.71. The third-order valence-corrected chi connectivity index (χ3v) is 12.4. The molecule has 0 amide bonds. The van der Waals surface area contributed by atoms with E-state index in [0.717, 1.165) is 89.9 Å². The fraction of sp³-hybridized carbons (Fsp3) is 0.730. The van der Waals surface area contributed by atoms with Gasteiger partial charge in [0.05, 0.1) is 0 Å². The number of esters is 3. The summed E-state index contributed by atoms with van der Waals surface area (Å²) < 4.78 is 16.8. The lowest BCUT2D eigenvalue weighted by molar-refractivity contribution is -0.167. The zero-order chi connectivity index (χ0) is 50.0. The Bertz CT molecular complexity index is 1330. The molecule has 0 fully saturated rings. The topological polar surface area (TPSA) is 78.9 Å². The highest BCUT2D eigenvalue weighted by atomic mass is 16.6. The first kappa shape index (κ1) is 65.6. The molecule has 1 atom stereocenters. The van der Waals surface area contributed by atoms with Crippen molar-refractivity contribution in [1.29, 1.82) is 0 Å². The molecule has 0 aromatic carbocycles. The second kappa shape index (κ2) is 57.2. The van der Waals surface area contributed by atoms with Gasteiger partial charge < -0.3 is 14.2 Å². The number of ether oxygens (including phenoxy) is 3. The molecule has 0 aliphatic heterocycles. The van der Waals surface area contributed by atoms with Gasteiger partial charge in [0.15, 0.2) is 6.10 Å². The molecule has 6 heteroatoms. The second-order valence-electron chi connectivity index (χ2n) is 19.2. The minimum Gasteiger partial charge on any atom is -0.462 e. The number of carbonyl (C=O) groups is 3. The van der Waals surface area contributed by atoms with Crippen LogP contribution in [0.3, 0.4) is 0 Å². The highest BCUT2D eigenvalue weighted by Gasteiger charge is 2.19. The Kier molecular flexibility index (Phi) is 54.3. The minimum atomic E-state index is -0.814. The van der Waals surface area contributed by atoms with E-state index in [4.69, 9.17) is 14.2 Å². The van der Waals surface area contributed by atoms with Crippen LogP contribution >= 0.6 is 0 Å². The second-order valence-corrected chi connectivity index (χ2v) is 19.2. The van der Waals surface area contributed by atoms with Crippen LogP contribution in [-0.2, 0) is 28.6 Å². The van der Waals surface area contributed by atoms with Crippen molar-refractivity contribution in [3.63, 3.8) is 0 Å². The van der Waals surface area contributed by atoms with E-state index in [1.165, 1.54) is 141 Å². The minimum absolute atomic E-state index is 0.106. The predicted molar refractivity (Wildman–Crippen MR) is 297 cm³/mol. The van der Waals surface area contributed by atoms with Crippen LogP contribution in [0.25, 0.3) is 0 Å². The summed E-state index contributed by atoms with van der Waals surface area (Å²) in [6.45, 7) is 6.48. The molecular weight excluding hydrogens is 853 g/mol. The van der Waals surface area contributed by atoms with Gasteiger partial charge in [0.2, 0.25) is 0 Å². The molecule has 0 aromatic rings. The van der Waals surface area contributed by atoms with E-state index in [1.807, 2.05) is 0 Å². The van der Waals surface area contributed by atoms with E-state index in [2.05, 4.69) is 106 Å². The summed E-state index contributed by atoms with van der Waals surface area (Å²) in [4.78, 5) is 38.1. The molecule has 69 heavy (non-hydrogen) atoms. The Balaban J connectivity index is 4.48. The fourth-order valence-corrected chi connectivity index (χ4v) is 8.00. The first-order valence-electron chi connectivity index (χ1n) is 29.1. The molecule has 396 valence electrons. The van der Waals surface area contributed by atoms with Gasteiger partial charge in [-0.3, -0.25) is 14.4 Å². The molecule has 0 saturated heterocycles. The standard InChI is InChI=1S/C63H108O6/c1-4-7-10-13-16-19-22-25-28-31-33-35-38-41-44-47-50-53-56-62(65)68-59-60(58-67-61(64)55-52-49-46-43-40-37-34-30-27-24-21-18-15-12-9-6-3)69-63(66)57-54-51-48-45-42-39-36-32-29-26-23-20-17-14-11-8-5-2/h8,11,17,20,26,29-30,33-36,39,45,48,60H,4-7,9-10,12-16,18-19,21-25,27-28,31-32,37-38,40-44,46-47,49-59H2,1-3H3/b11-8-,20-17-,29-26-,34-30-,35-33-,39-36-,48-45-. The molecule has 0 bridgehead atoms. The lowest BCUT2D eigenvalue weighted by Crippen LogP contribution is -2.30. The van der Waals surface area contributed by atoms with Crippen molar-refractivity contribution in [3.05, 3.63) is 85.1 Å². The maximum Gasteiger partial charge on any atom is 0.306 e. The third kappa shape index (κ3) is 55.4. The molecule has 0 saturated carbocycles. The number of rotatable bonds is 52. The van der Waals surface area contributed by atoms with E-state index < -0.39 is 6.10 Å². The monoisotopic (exact) mass is 961 g/mol. The number of carbonyl (C=O) groups excluding carboxylic acids is 3. The van der Waals surface area contributed by atoms with Crippen molar-refractivity contribution in [2.24, 2.45) is 0 Å². The van der Waals surface area contributed by atoms with Gasteiger partial charge in [0.25, 0.3) is 0 Å². The van der Waals surface area contributed by atoms with E-state index in [0.29, 0.717) is 19.3 Å². The molecule has 0 rings (SSSR count). The van der Waals surface area contributed by atoms with Crippen LogP contribution in [0.5, 0.6) is 0 Å². The summed E-state index contributed by atoms with van der Waals surface area (Å²) in [5, 5.41) is 0. The summed E-state index contributed by atoms with van der Waals surface area (Å²) in [5.41, 5.74) is 0. The van der Waals surface area contributed by atoms with Crippen LogP contribution in [0.4, 0.5) is 0 Å². The average molecular weight is 962 g/mol. The van der Waals surface area contributed by atoms with Gasteiger partial charge in [0.1, 0.15) is 13.2 Å². The van der Waals surface area contributed by atoms with Gasteiger partial charge in [0, 0.05) is 19.3 Å². The van der Waals surface area contributed by atoms with Gasteiger partial charge in [-0.2, -0.15) is 0 Å². The smallest absolute Gasteiger partial charge is 0.306 e. The van der Waals surface area contributed by atoms with Crippen molar-refractivity contribution in [1.82, 2.24) is 0 Å². The van der Waals surface area contributed by atoms with E-state index in [-0.39, 0.29) is 37.5 Å². The maximum absolute atomic E-state index is 12.8. The first-order chi connectivity index (χ1) is 34.0. The van der Waals surface area contributed by atoms with Gasteiger partial charge in [-0.1, -0.05) is 234 Å². The number of unbranched alkanes of at least 4 members (excludes halogenated alkanes) is 27. The van der Waals surface area contributed by atoms with Crippen LogP contribution < -0.4 is 0 Å². The van der Waals surface area contributed by atoms with Crippen LogP contribution in [0.2, 0.25) is 0 Å². The number of hydrogen-bond donors (Lipinski definition) is 0. The zero-order valence-corrected chi connectivity index (χ0v) is 45.3. The lowest BCUT2D eigenvalue weighted by Gasteiger charge is -2.18. The van der Waals surface area contributed by atoms with Gasteiger partial charge in [-0.05, 0) is 109 Å². The Hall–Kier alpha value is -3.41. The zero-order valence-electron chi connectivity index (χ0n) is 45.3. The van der Waals surface area contributed by atoms with Crippen LogP contribution in [0.15, 0.2) is 85.1 Å². The van der Waals surface area contributed by atoms with Crippen molar-refractivity contribution < 1.29 is 28.6 Å². The van der Waals surface area contributed by atoms with Crippen molar-refractivity contribution in [2.45, 2.75) is 284 Å². The normalized spacial score (nSPS) is 12.7. The summed E-state index contributed by atoms with van der Waals surface area (Å²) >= 11 is 0. The van der Waals surface area contributed by atoms with Crippen LogP contribution in [-0.4, -0.2) is 37.2 Å². The molecule has 0 aliphatic carbocycles. The van der Waals surface area contributed by atoms with Crippen LogP contribution in [0.1, 0.15) is 278 Å². The lowest BCUT2D eigenvalue weighted by atomic mass is 10.1. The van der Waals surface area contributed by atoms with Gasteiger partial charge in [-0.25, -0.2) is 0 Å². The van der Waals surface area contributed by atoms with Crippen molar-refractivity contribution in [3.8, 4) is 0 Å². The molecular formula is C63H108O6. The van der Waals surface area contributed by atoms with Gasteiger partial charge >= 0.3 is 17.9 Å². The number of hydrogen-bond acceptors (Lipinski definition) is 6. The third-order valence-electron chi connectivity index (χ3n) is 12.4. The van der Waals surface area contributed by atoms with E-state index in [9.17, 15) is 14.4 Å². The maximum atomic E-state index is 12.8. The van der Waals surface area contributed by atoms with E-state index >= 15 is 0 Å². The largest absolute Gasteiger partial charge is 0.462 e. The number of allylic oxidation sites excluding steroid dienone is 14. The summed E-state index contributed by atoms with van der Waals surface area (Å²) in [6.07, 6.45) is 74.4. The molecule has 0 radical (unpaired) electrons. The fourth-order valence-electron chi connectivity index (χ4n) is 8.00.